The SMILES string of the molecule is N[C@H](CO)c1ccccc1.O=C(CCl)N[C@H](CO)c1ccccc1.O=C(Cl)CCl.O=C1COC[C@H](c2ccccc2)N1.S.S.S.S.c1ccc([C@H]2COCCN2)cc1. The van der Waals surface area contributed by atoms with E-state index in [1.807, 2.05) is 97.1 Å². The topological polar surface area (TPSA) is 172 Å². The summed E-state index contributed by atoms with van der Waals surface area (Å²) in [6.07, 6.45) is 0. The van der Waals surface area contributed by atoms with Gasteiger partial charge in [-0.25, -0.2) is 0 Å². The molecule has 58 heavy (non-hydrogen) atoms. The monoisotopic (exact) mass is 938 g/mol. The summed E-state index contributed by atoms with van der Waals surface area (Å²) in [5, 5.41) is 26.1. The summed E-state index contributed by atoms with van der Waals surface area (Å²) in [7, 11) is 0. The third kappa shape index (κ3) is 25.9. The molecule has 2 fully saturated rings. The zero-order chi connectivity index (χ0) is 39.4. The molecule has 324 valence electrons. The first kappa shape index (κ1) is 59.8. The fraction of sp³-hybridized carbons (Fsp3) is 0.325. The van der Waals surface area contributed by atoms with Gasteiger partial charge in [-0.3, -0.25) is 14.4 Å². The highest BCUT2D eigenvalue weighted by atomic mass is 35.5. The number of benzene rings is 4. The molecule has 4 aromatic carbocycles. The molecule has 2 amide bonds. The lowest BCUT2D eigenvalue weighted by Gasteiger charge is -2.23. The van der Waals surface area contributed by atoms with Gasteiger partial charge in [0, 0.05) is 6.54 Å². The van der Waals surface area contributed by atoms with E-state index >= 15 is 0 Å². The van der Waals surface area contributed by atoms with Crippen LogP contribution in [-0.2, 0) is 23.9 Å². The molecule has 6 rings (SSSR count). The lowest BCUT2D eigenvalue weighted by atomic mass is 10.1. The van der Waals surface area contributed by atoms with Crippen LogP contribution in [0.4, 0.5) is 0 Å². The zero-order valence-corrected chi connectivity index (χ0v) is 38.1. The summed E-state index contributed by atoms with van der Waals surface area (Å²) in [5.74, 6) is -0.514. The van der Waals surface area contributed by atoms with Crippen molar-refractivity contribution in [3.05, 3.63) is 144 Å². The summed E-state index contributed by atoms with van der Waals surface area (Å²) >= 11 is 14.9. The molecule has 0 radical (unpaired) electrons. The Kier molecular flexibility index (Phi) is 38.7. The van der Waals surface area contributed by atoms with Gasteiger partial charge in [-0.15, -0.1) is 23.2 Å². The molecule has 2 aliphatic rings. The maximum atomic E-state index is 11.0. The summed E-state index contributed by atoms with van der Waals surface area (Å²) in [4.78, 5) is 31.5. The number of aliphatic hydroxyl groups excluding tert-OH is 2. The standard InChI is InChI=1S/C10H12ClNO2.C10H11NO2.C10H13NO.C8H11NO.C2H2Cl2O.4H2S/c11-6-10(14)12-9(7-13)8-4-2-1-3-5-8;12-10-7-13-6-9(11-10)8-4-2-1-3-5-8;1-2-4-9(5-3-1)10-8-12-7-6-11-10;9-8(6-10)7-4-2-1-3-5-7;3-1-2(4)5;;;;/h1-5,9,13H,6-7H2,(H,12,14);1-5,9H,6-7H2,(H,11,12);1-5,10-11H,6-8H2;1-5,8,10H,6,9H2;1H2;4*1H2/t2*9-;10-;8-;;;;;/m1111...../s1. The Morgan fingerprint density at radius 1 is 0.707 bits per heavy atom. The molecule has 4 aromatic rings. The van der Waals surface area contributed by atoms with Crippen LogP contribution in [0.25, 0.3) is 0 Å². The van der Waals surface area contributed by atoms with E-state index in [-0.39, 0.29) is 116 Å². The van der Waals surface area contributed by atoms with Gasteiger partial charge in [-0.2, -0.15) is 54.0 Å². The molecule has 0 aromatic heterocycles. The Balaban J connectivity index is -0.000000658. The van der Waals surface area contributed by atoms with Crippen molar-refractivity contribution < 1.29 is 34.1 Å². The number of rotatable bonds is 9. The largest absolute Gasteiger partial charge is 0.394 e. The molecule has 2 aliphatic heterocycles. The van der Waals surface area contributed by atoms with Crippen LogP contribution in [-0.4, -0.2) is 85.2 Å². The van der Waals surface area contributed by atoms with Gasteiger partial charge in [0.25, 0.3) is 0 Å². The van der Waals surface area contributed by atoms with Crippen LogP contribution in [0.2, 0.25) is 0 Å². The van der Waals surface area contributed by atoms with E-state index in [9.17, 15) is 14.4 Å². The minimum Gasteiger partial charge on any atom is -0.394 e. The molecule has 2 saturated heterocycles. The fourth-order valence-corrected chi connectivity index (χ4v) is 4.91. The quantitative estimate of drug-likeness (QED) is 0.0948. The van der Waals surface area contributed by atoms with Crippen LogP contribution >= 0.6 is 88.8 Å². The minimum absolute atomic E-state index is 0. The van der Waals surface area contributed by atoms with E-state index in [4.69, 9.17) is 60.2 Å². The van der Waals surface area contributed by atoms with Crippen LogP contribution in [0.5, 0.6) is 0 Å². The number of ether oxygens (including phenoxy) is 2. The van der Waals surface area contributed by atoms with Gasteiger partial charge in [0.1, 0.15) is 12.5 Å². The van der Waals surface area contributed by atoms with Crippen molar-refractivity contribution in [1.29, 1.82) is 0 Å². The van der Waals surface area contributed by atoms with E-state index in [1.165, 1.54) is 5.56 Å². The maximum absolute atomic E-state index is 11.0. The molecule has 0 bridgehead atoms. The molecule has 18 heteroatoms. The first-order chi connectivity index (χ1) is 26.2. The van der Waals surface area contributed by atoms with Crippen molar-refractivity contribution >= 4 is 106 Å². The highest BCUT2D eigenvalue weighted by molar-refractivity contribution is 7.59. The summed E-state index contributed by atoms with van der Waals surface area (Å²) < 4.78 is 10.5. The van der Waals surface area contributed by atoms with Crippen molar-refractivity contribution in [1.82, 2.24) is 16.0 Å². The third-order valence-electron chi connectivity index (χ3n) is 7.55. The molecule has 0 aliphatic carbocycles. The van der Waals surface area contributed by atoms with E-state index in [1.54, 1.807) is 0 Å². The smallest absolute Gasteiger partial charge is 0.246 e. The van der Waals surface area contributed by atoms with Crippen molar-refractivity contribution in [3.8, 4) is 0 Å². The number of morpholine rings is 2. The zero-order valence-electron chi connectivity index (χ0n) is 31.9. The van der Waals surface area contributed by atoms with Crippen LogP contribution in [0, 0.1) is 0 Å². The maximum Gasteiger partial charge on any atom is 0.246 e. The highest BCUT2D eigenvalue weighted by Crippen LogP contribution is 2.16. The van der Waals surface area contributed by atoms with E-state index < -0.39 is 5.24 Å². The van der Waals surface area contributed by atoms with Gasteiger partial charge in [0.05, 0.1) is 63.1 Å². The predicted molar refractivity (Wildman–Crippen MR) is 255 cm³/mol. The number of nitrogens with one attached hydrogen (secondary N) is 3. The Hall–Kier alpha value is -2.48. The lowest BCUT2D eigenvalue weighted by molar-refractivity contribution is -0.131. The first-order valence-corrected chi connectivity index (χ1v) is 18.6. The number of amides is 2. The number of nitrogens with two attached hydrogens (primary N) is 1. The summed E-state index contributed by atoms with van der Waals surface area (Å²) in [6, 6.07) is 38.9. The second kappa shape index (κ2) is 37.5. The van der Waals surface area contributed by atoms with Gasteiger partial charge in [0.15, 0.2) is 0 Å². The Morgan fingerprint density at radius 3 is 1.55 bits per heavy atom. The van der Waals surface area contributed by atoms with E-state index in [0.29, 0.717) is 12.6 Å². The van der Waals surface area contributed by atoms with Gasteiger partial charge >= 0.3 is 0 Å². The predicted octanol–water partition coefficient (Wildman–Crippen LogP) is 5.42. The molecule has 0 saturated carbocycles. The second-order valence-electron chi connectivity index (χ2n) is 11.6. The second-order valence-corrected chi connectivity index (χ2v) is 12.5. The van der Waals surface area contributed by atoms with E-state index in [0.717, 1.165) is 36.4 Å². The number of carbonyl (C=O) groups is 3. The average molecular weight is 941 g/mol. The van der Waals surface area contributed by atoms with Crippen LogP contribution < -0.4 is 21.7 Å². The van der Waals surface area contributed by atoms with Crippen LogP contribution in [0.3, 0.4) is 0 Å². The molecule has 7 N–H and O–H groups in total. The highest BCUT2D eigenvalue weighted by Gasteiger charge is 2.19. The molecule has 11 nitrogen and oxygen atoms in total. The Labute approximate surface area is 384 Å². The molecular weight excluding hydrogens is 883 g/mol. The average Bonchev–Trinajstić information content (AvgIpc) is 3.25. The third-order valence-corrected chi connectivity index (χ3v) is 8.30. The first-order valence-electron chi connectivity index (χ1n) is 17.2. The van der Waals surface area contributed by atoms with Crippen molar-refractivity contribution in [2.24, 2.45) is 5.73 Å². The number of hydrogen-bond acceptors (Lipinski definition) is 9. The molecule has 0 spiro atoms. The molecule has 0 unspecified atom stereocenters. The van der Waals surface area contributed by atoms with Crippen molar-refractivity contribution in [2.75, 3.05) is 57.9 Å². The number of halogens is 3. The van der Waals surface area contributed by atoms with Gasteiger partial charge in [0.2, 0.25) is 17.1 Å². The Bertz CT molecular complexity index is 1590. The molecule has 2 heterocycles. The minimum atomic E-state index is -0.508. The van der Waals surface area contributed by atoms with Gasteiger partial charge in [-0.1, -0.05) is 121 Å². The number of hydrogen-bond donors (Lipinski definition) is 6. The molecular formula is C40H57Cl3N4O7S4. The Morgan fingerprint density at radius 2 is 1.16 bits per heavy atom. The summed E-state index contributed by atoms with van der Waals surface area (Å²) in [6.45, 7) is 3.21. The number of alkyl halides is 2. The normalized spacial score (nSPS) is 15.8. The summed E-state index contributed by atoms with van der Waals surface area (Å²) in [5.41, 5.74) is 9.80. The van der Waals surface area contributed by atoms with Crippen molar-refractivity contribution in [3.63, 3.8) is 0 Å². The van der Waals surface area contributed by atoms with Gasteiger partial charge in [-0.05, 0) is 33.9 Å². The van der Waals surface area contributed by atoms with Gasteiger partial charge < -0.3 is 41.4 Å². The van der Waals surface area contributed by atoms with Crippen LogP contribution in [0.1, 0.15) is 46.4 Å². The molecule has 4 atom stereocenters. The van der Waals surface area contributed by atoms with E-state index in [2.05, 4.69) is 40.2 Å². The van der Waals surface area contributed by atoms with Crippen LogP contribution in [0.15, 0.2) is 121 Å². The number of aliphatic hydroxyl groups is 2. The fourth-order valence-electron chi connectivity index (χ4n) is 4.84. The van der Waals surface area contributed by atoms with Crippen molar-refractivity contribution in [2.45, 2.75) is 24.2 Å². The number of carbonyl (C=O) groups excluding carboxylic acids is 3. The lowest BCUT2D eigenvalue weighted by Crippen LogP contribution is -2.39.